The Hall–Kier alpha value is -1.98. The maximum atomic E-state index is 12.0. The minimum atomic E-state index is 0.0138. The number of ether oxygens (including phenoxy) is 1. The molecule has 0 amide bonds. The Morgan fingerprint density at radius 1 is 1.23 bits per heavy atom. The molecule has 0 fully saturated rings. The highest BCUT2D eigenvalue weighted by atomic mass is 16.5. The average molecular weight is 302 g/mol. The van der Waals surface area contributed by atoms with Gasteiger partial charge in [0.25, 0.3) is 0 Å². The predicted molar refractivity (Wildman–Crippen MR) is 83.6 cm³/mol. The van der Waals surface area contributed by atoms with Gasteiger partial charge in [-0.15, -0.1) is 0 Å². The average Bonchev–Trinajstić information content (AvgIpc) is 2.97. The summed E-state index contributed by atoms with van der Waals surface area (Å²) in [6.45, 7) is 1.71. The van der Waals surface area contributed by atoms with E-state index in [4.69, 9.17) is 9.26 Å². The number of rotatable bonds is 9. The van der Waals surface area contributed by atoms with Crippen LogP contribution in [0.5, 0.6) is 0 Å². The lowest BCUT2D eigenvalue weighted by Crippen LogP contribution is -2.14. The van der Waals surface area contributed by atoms with Crippen LogP contribution in [0, 0.1) is 0 Å². The van der Waals surface area contributed by atoms with Gasteiger partial charge < -0.3 is 14.2 Å². The van der Waals surface area contributed by atoms with Crippen LogP contribution in [0.2, 0.25) is 0 Å². The largest absolute Gasteiger partial charge is 0.369 e. The highest BCUT2D eigenvalue weighted by Crippen LogP contribution is 2.10. The number of nitrogens with zero attached hydrogens (tertiary/aromatic N) is 2. The molecule has 0 spiro atoms. The third-order valence-electron chi connectivity index (χ3n) is 3.21. The summed E-state index contributed by atoms with van der Waals surface area (Å²) in [6, 6.07) is 11.6. The van der Waals surface area contributed by atoms with Crippen molar-refractivity contribution in [1.29, 1.82) is 0 Å². The zero-order chi connectivity index (χ0) is 15.8. The number of aromatic nitrogens is 1. The first-order valence-corrected chi connectivity index (χ1v) is 7.40. The van der Waals surface area contributed by atoms with Crippen LogP contribution in [-0.2, 0) is 18.0 Å². The molecule has 0 aliphatic heterocycles. The van der Waals surface area contributed by atoms with E-state index < -0.39 is 0 Å². The summed E-state index contributed by atoms with van der Waals surface area (Å²) in [6.07, 6.45) is 1.30. The molecular weight excluding hydrogens is 280 g/mol. The number of ketones is 1. The molecule has 0 aliphatic carbocycles. The van der Waals surface area contributed by atoms with Crippen LogP contribution < -0.4 is 0 Å². The van der Waals surface area contributed by atoms with Crippen LogP contribution in [0.25, 0.3) is 0 Å². The van der Waals surface area contributed by atoms with E-state index in [9.17, 15) is 4.79 Å². The number of carbonyl (C=O) groups excluding carboxylic acids is 1. The lowest BCUT2D eigenvalue weighted by atomic mass is 10.1. The van der Waals surface area contributed by atoms with Gasteiger partial charge in [-0.05, 0) is 32.6 Å². The van der Waals surface area contributed by atoms with Crippen LogP contribution in [-0.4, -0.2) is 36.5 Å². The minimum absolute atomic E-state index is 0.0138. The van der Waals surface area contributed by atoms with Crippen molar-refractivity contribution >= 4 is 5.78 Å². The van der Waals surface area contributed by atoms with Gasteiger partial charge >= 0.3 is 0 Å². The van der Waals surface area contributed by atoms with Crippen molar-refractivity contribution in [1.82, 2.24) is 10.1 Å². The molecule has 0 unspecified atom stereocenters. The van der Waals surface area contributed by atoms with Gasteiger partial charge in [0, 0.05) is 12.5 Å². The monoisotopic (exact) mass is 302 g/mol. The van der Waals surface area contributed by atoms with Crippen molar-refractivity contribution in [2.45, 2.75) is 26.1 Å². The number of carbonyl (C=O) groups is 1. The summed E-state index contributed by atoms with van der Waals surface area (Å²) in [7, 11) is 3.98. The third kappa shape index (κ3) is 5.42. The highest BCUT2D eigenvalue weighted by molar-refractivity contribution is 5.94. The van der Waals surface area contributed by atoms with Gasteiger partial charge in [-0.1, -0.05) is 35.5 Å². The molecule has 2 aromatic rings. The summed E-state index contributed by atoms with van der Waals surface area (Å²) in [5, 5.41) is 3.82. The molecule has 5 nitrogen and oxygen atoms in total. The molecular formula is C17H22N2O3. The Kier molecular flexibility index (Phi) is 6.30. The SMILES string of the molecule is CN(C)CCCC(=O)c1cc(COCc2ccccc2)on1. The smallest absolute Gasteiger partial charge is 0.184 e. The third-order valence-corrected chi connectivity index (χ3v) is 3.21. The fourth-order valence-electron chi connectivity index (χ4n) is 2.04. The van der Waals surface area contributed by atoms with Gasteiger partial charge in [0.2, 0.25) is 0 Å². The van der Waals surface area contributed by atoms with E-state index in [1.54, 1.807) is 6.07 Å². The number of hydrogen-bond acceptors (Lipinski definition) is 5. The Labute approximate surface area is 130 Å². The molecule has 0 bridgehead atoms. The first kappa shape index (κ1) is 16.4. The van der Waals surface area contributed by atoms with Gasteiger partial charge in [-0.2, -0.15) is 0 Å². The number of Topliss-reactive ketones (excluding diaryl/α,β-unsaturated/α-hetero) is 1. The predicted octanol–water partition coefficient (Wildman–Crippen LogP) is 2.92. The van der Waals surface area contributed by atoms with E-state index in [1.807, 2.05) is 44.4 Å². The molecule has 1 aromatic heterocycles. The molecule has 0 saturated carbocycles. The Morgan fingerprint density at radius 3 is 2.73 bits per heavy atom. The van der Waals surface area contributed by atoms with Crippen LogP contribution in [0.3, 0.4) is 0 Å². The molecule has 1 heterocycles. The lowest BCUT2D eigenvalue weighted by Gasteiger charge is -2.07. The molecule has 0 radical (unpaired) electrons. The van der Waals surface area contributed by atoms with Crippen LogP contribution in [0.4, 0.5) is 0 Å². The summed E-state index contributed by atoms with van der Waals surface area (Å²) < 4.78 is 10.7. The van der Waals surface area contributed by atoms with Crippen molar-refractivity contribution in [3.8, 4) is 0 Å². The van der Waals surface area contributed by atoms with Gasteiger partial charge in [0.05, 0.1) is 6.61 Å². The second kappa shape index (κ2) is 8.46. The van der Waals surface area contributed by atoms with E-state index in [0.29, 0.717) is 31.1 Å². The zero-order valence-corrected chi connectivity index (χ0v) is 13.1. The second-order valence-electron chi connectivity index (χ2n) is 5.49. The standard InChI is InChI=1S/C17H22N2O3/c1-19(2)10-6-9-17(20)16-11-15(22-18-16)13-21-12-14-7-4-3-5-8-14/h3-5,7-8,11H,6,9-10,12-13H2,1-2H3. The fourth-order valence-corrected chi connectivity index (χ4v) is 2.04. The quantitative estimate of drug-likeness (QED) is 0.667. The zero-order valence-electron chi connectivity index (χ0n) is 13.1. The van der Waals surface area contributed by atoms with Crippen LogP contribution >= 0.6 is 0 Å². The molecule has 5 heteroatoms. The van der Waals surface area contributed by atoms with Gasteiger partial charge in [-0.3, -0.25) is 4.79 Å². The van der Waals surface area contributed by atoms with Crippen molar-refractivity contribution in [2.24, 2.45) is 0 Å². The van der Waals surface area contributed by atoms with Crippen molar-refractivity contribution in [3.05, 3.63) is 53.4 Å². The lowest BCUT2D eigenvalue weighted by molar-refractivity contribution is 0.0879. The summed E-state index contributed by atoms with van der Waals surface area (Å²) >= 11 is 0. The maximum absolute atomic E-state index is 12.0. The van der Waals surface area contributed by atoms with Crippen molar-refractivity contribution < 1.29 is 14.1 Å². The Bertz CT molecular complexity index is 579. The number of hydrogen-bond donors (Lipinski definition) is 0. The minimum Gasteiger partial charge on any atom is -0.369 e. The van der Waals surface area contributed by atoms with Crippen molar-refractivity contribution in [2.75, 3.05) is 20.6 Å². The summed E-state index contributed by atoms with van der Waals surface area (Å²) in [5.41, 5.74) is 1.49. The molecule has 0 N–H and O–H groups in total. The molecule has 118 valence electrons. The first-order valence-electron chi connectivity index (χ1n) is 7.40. The highest BCUT2D eigenvalue weighted by Gasteiger charge is 2.12. The Morgan fingerprint density at radius 2 is 2.00 bits per heavy atom. The molecule has 0 saturated heterocycles. The molecule has 0 atom stereocenters. The fraction of sp³-hybridized carbons (Fsp3) is 0.412. The van der Waals surface area contributed by atoms with Gasteiger partial charge in [-0.25, -0.2) is 0 Å². The van der Waals surface area contributed by atoms with Crippen LogP contribution in [0.15, 0.2) is 40.9 Å². The first-order chi connectivity index (χ1) is 10.6. The summed E-state index contributed by atoms with van der Waals surface area (Å²) in [5.74, 6) is 0.590. The van der Waals surface area contributed by atoms with Crippen molar-refractivity contribution in [3.63, 3.8) is 0 Å². The normalized spacial score (nSPS) is 11.0. The molecule has 22 heavy (non-hydrogen) atoms. The van der Waals surface area contributed by atoms with Gasteiger partial charge in [0.15, 0.2) is 11.5 Å². The topological polar surface area (TPSA) is 55.6 Å². The van der Waals surface area contributed by atoms with E-state index >= 15 is 0 Å². The second-order valence-corrected chi connectivity index (χ2v) is 5.49. The number of benzene rings is 1. The molecule has 0 aliphatic rings. The van der Waals surface area contributed by atoms with E-state index in [-0.39, 0.29) is 5.78 Å². The maximum Gasteiger partial charge on any atom is 0.184 e. The van der Waals surface area contributed by atoms with Gasteiger partial charge in [0.1, 0.15) is 12.3 Å². The molecule has 1 aromatic carbocycles. The van der Waals surface area contributed by atoms with E-state index in [1.165, 1.54) is 0 Å². The molecule has 2 rings (SSSR count). The Balaban J connectivity index is 1.75. The van der Waals surface area contributed by atoms with E-state index in [2.05, 4.69) is 10.1 Å². The summed E-state index contributed by atoms with van der Waals surface area (Å²) in [4.78, 5) is 14.0. The van der Waals surface area contributed by atoms with E-state index in [0.717, 1.165) is 18.5 Å². The van der Waals surface area contributed by atoms with Crippen LogP contribution in [0.1, 0.15) is 34.7 Å².